The first-order chi connectivity index (χ1) is 49.3. The lowest BCUT2D eigenvalue weighted by Crippen LogP contribution is -2.34. The molecule has 14 N–H and O–H groups in total. The second-order valence-corrected chi connectivity index (χ2v) is 26.8. The summed E-state index contributed by atoms with van der Waals surface area (Å²) < 4.78 is 32.1. The minimum Gasteiger partial charge on any atom is -0.383 e. The SMILES string of the molecule is CNC(=O)c1c(-c2ccc(CNC(=O)c3ccccc3C)cc2)nn(C2CCCC2)c1N.Cc1ccccc1C(=O)NCc1ccc(-c2nn(C3CCC(F)(F)CC3)c(N)c2C(N)=O)cc1.Cc1ccccc1C(=O)NCc1ccc(-c2nn(C3CCCC(C(=O)N(C)C)C3)c(N)c2C(N)=O)cc1. The van der Waals surface area contributed by atoms with E-state index in [1.807, 2.05) is 147 Å². The third-order valence-corrected chi connectivity index (χ3v) is 19.5. The Kier molecular flexibility index (Phi) is 23.7. The van der Waals surface area contributed by atoms with Crippen molar-refractivity contribution in [1.82, 2.24) is 55.5 Å². The zero-order valence-electron chi connectivity index (χ0n) is 58.9. The summed E-state index contributed by atoms with van der Waals surface area (Å²) in [4.78, 5) is 88.7. The van der Waals surface area contributed by atoms with Gasteiger partial charge in [0.05, 0.1) is 18.1 Å². The largest absolute Gasteiger partial charge is 0.383 e. The number of anilines is 3. The van der Waals surface area contributed by atoms with Crippen LogP contribution in [0.1, 0.15) is 191 Å². The first-order valence-electron chi connectivity index (χ1n) is 34.7. The molecule has 3 fully saturated rings. The molecule has 9 aromatic rings. The Morgan fingerprint density at radius 3 is 1.14 bits per heavy atom. The highest BCUT2D eigenvalue weighted by atomic mass is 19.3. The van der Waals surface area contributed by atoms with Crippen LogP contribution in [0, 0.1) is 26.7 Å². The molecule has 7 amide bonds. The second kappa shape index (κ2) is 32.9. The maximum atomic E-state index is 13.6. The second-order valence-electron chi connectivity index (χ2n) is 26.8. The van der Waals surface area contributed by atoms with Crippen molar-refractivity contribution < 1.29 is 42.3 Å². The van der Waals surface area contributed by atoms with Crippen molar-refractivity contribution >= 4 is 58.8 Å². The number of nitrogens with one attached hydrogen (secondary N) is 4. The van der Waals surface area contributed by atoms with Gasteiger partial charge in [-0.15, -0.1) is 0 Å². The minimum absolute atomic E-state index is 0.0814. The van der Waals surface area contributed by atoms with Crippen molar-refractivity contribution in [1.29, 1.82) is 0 Å². The molecule has 538 valence electrons. The third kappa shape index (κ3) is 17.5. The van der Waals surface area contributed by atoms with Gasteiger partial charge in [0.25, 0.3) is 35.4 Å². The molecule has 0 aliphatic heterocycles. The molecular formula is C78H90F2N16O7. The normalized spacial score (nSPS) is 15.7. The summed E-state index contributed by atoms with van der Waals surface area (Å²) in [6.07, 6.45) is 7.42. The lowest BCUT2D eigenvalue weighted by molar-refractivity contribution is -0.134. The molecule has 23 nitrogen and oxygen atoms in total. The zero-order valence-corrected chi connectivity index (χ0v) is 58.9. The first-order valence-corrected chi connectivity index (χ1v) is 34.7. The van der Waals surface area contributed by atoms with Crippen LogP contribution in [0.25, 0.3) is 33.8 Å². The van der Waals surface area contributed by atoms with Gasteiger partial charge in [-0.1, -0.05) is 147 Å². The molecule has 0 bridgehead atoms. The summed E-state index contributed by atoms with van der Waals surface area (Å²) >= 11 is 0. The average molecular weight is 1400 g/mol. The van der Waals surface area contributed by atoms with Gasteiger partial charge in [0.1, 0.15) is 51.2 Å². The van der Waals surface area contributed by atoms with Crippen LogP contribution >= 0.6 is 0 Å². The van der Waals surface area contributed by atoms with E-state index >= 15 is 0 Å². The first kappa shape index (κ1) is 74.2. The number of amides is 7. The van der Waals surface area contributed by atoms with Crippen molar-refractivity contribution in [2.75, 3.05) is 38.3 Å². The summed E-state index contributed by atoms with van der Waals surface area (Å²) in [5.74, 6) is -3.98. The summed E-state index contributed by atoms with van der Waals surface area (Å²) in [6, 6.07) is 44.4. The van der Waals surface area contributed by atoms with Crippen LogP contribution in [0.2, 0.25) is 0 Å². The van der Waals surface area contributed by atoms with E-state index in [1.165, 1.54) is 4.68 Å². The number of carbonyl (C=O) groups excluding carboxylic acids is 7. The minimum atomic E-state index is -2.68. The number of aryl methyl sites for hydroxylation is 3. The molecule has 2 unspecified atom stereocenters. The molecule has 2 atom stereocenters. The highest BCUT2D eigenvalue weighted by Crippen LogP contribution is 2.42. The van der Waals surface area contributed by atoms with Crippen LogP contribution in [-0.4, -0.2) is 103 Å². The molecule has 3 aliphatic rings. The Labute approximate surface area is 597 Å². The molecule has 103 heavy (non-hydrogen) atoms. The molecule has 12 rings (SSSR count). The Bertz CT molecular complexity index is 4570. The summed E-state index contributed by atoms with van der Waals surface area (Å²) in [5.41, 5.74) is 41.8. The highest BCUT2D eigenvalue weighted by Gasteiger charge is 2.38. The van der Waals surface area contributed by atoms with Crippen molar-refractivity contribution in [2.45, 2.75) is 142 Å². The fourth-order valence-electron chi connectivity index (χ4n) is 13.7. The molecule has 25 heteroatoms. The molecule has 3 aromatic heterocycles. The number of nitrogens with two attached hydrogens (primary N) is 5. The van der Waals surface area contributed by atoms with Crippen LogP contribution in [-0.2, 0) is 24.4 Å². The van der Waals surface area contributed by atoms with Crippen molar-refractivity contribution in [2.24, 2.45) is 17.4 Å². The number of aromatic nitrogens is 6. The molecule has 3 saturated carbocycles. The maximum Gasteiger partial charge on any atom is 0.257 e. The predicted octanol–water partition coefficient (Wildman–Crippen LogP) is 11.4. The topological polar surface area (TPSA) is 354 Å². The van der Waals surface area contributed by atoms with Gasteiger partial charge in [0.15, 0.2) is 0 Å². The summed E-state index contributed by atoms with van der Waals surface area (Å²) in [5, 5.41) is 25.4. The number of benzene rings is 6. The monoisotopic (exact) mass is 1400 g/mol. The number of alkyl halides is 2. The van der Waals surface area contributed by atoms with Gasteiger partial charge in [-0.3, -0.25) is 33.6 Å². The smallest absolute Gasteiger partial charge is 0.257 e. The number of nitrogen functional groups attached to an aromatic ring is 3. The van der Waals surface area contributed by atoms with Gasteiger partial charge in [-0.25, -0.2) is 22.8 Å². The predicted molar refractivity (Wildman–Crippen MR) is 393 cm³/mol. The van der Waals surface area contributed by atoms with E-state index in [4.69, 9.17) is 38.9 Å². The summed E-state index contributed by atoms with van der Waals surface area (Å²) in [6.45, 7) is 6.79. The molecule has 3 heterocycles. The van der Waals surface area contributed by atoms with Crippen molar-refractivity contribution in [3.63, 3.8) is 0 Å². The van der Waals surface area contributed by atoms with Crippen LogP contribution < -0.4 is 49.9 Å². The van der Waals surface area contributed by atoms with Gasteiger partial charge in [-0.05, 0) is 117 Å². The molecule has 0 spiro atoms. The molecular weight excluding hydrogens is 1310 g/mol. The van der Waals surface area contributed by atoms with Crippen LogP contribution in [0.4, 0.5) is 26.2 Å². The van der Waals surface area contributed by atoms with E-state index in [-0.39, 0.29) is 102 Å². The molecule has 0 saturated heterocycles. The van der Waals surface area contributed by atoms with Gasteiger partial charge >= 0.3 is 0 Å². The average Bonchev–Trinajstić information content (AvgIpc) is 1.64. The highest BCUT2D eigenvalue weighted by molar-refractivity contribution is 6.05. The summed E-state index contributed by atoms with van der Waals surface area (Å²) in [7, 11) is 5.11. The number of nitrogens with zero attached hydrogens (tertiary/aromatic N) is 7. The molecule has 0 radical (unpaired) electrons. The molecule has 6 aromatic carbocycles. The quantitative estimate of drug-likeness (QED) is 0.0364. The number of hydrogen-bond donors (Lipinski definition) is 9. The molecule has 3 aliphatic carbocycles. The Morgan fingerprint density at radius 1 is 0.456 bits per heavy atom. The lowest BCUT2D eigenvalue weighted by Gasteiger charge is -2.30. The van der Waals surface area contributed by atoms with Gasteiger partial charge in [0, 0.05) is 92.9 Å². The van der Waals surface area contributed by atoms with E-state index in [9.17, 15) is 42.3 Å². The zero-order chi connectivity index (χ0) is 73.8. The maximum absolute atomic E-state index is 13.6. The van der Waals surface area contributed by atoms with E-state index in [2.05, 4.69) is 26.4 Å². The number of rotatable bonds is 19. The third-order valence-electron chi connectivity index (χ3n) is 19.5. The number of carbonyl (C=O) groups is 7. The van der Waals surface area contributed by atoms with Crippen LogP contribution in [0.3, 0.4) is 0 Å². The van der Waals surface area contributed by atoms with E-state index < -0.39 is 17.7 Å². The lowest BCUT2D eigenvalue weighted by atomic mass is 9.85. The Morgan fingerprint density at radius 2 is 0.786 bits per heavy atom. The fraction of sp³-hybridized carbons (Fsp3) is 0.333. The number of halogens is 2. The van der Waals surface area contributed by atoms with E-state index in [1.54, 1.807) is 55.0 Å². The van der Waals surface area contributed by atoms with Gasteiger partial charge in [-0.2, -0.15) is 15.3 Å². The standard InChI is InChI=1S/C28H34N6O3.C25H27F2N5O2.C25H29N5O2/c1-17-7-4-5-10-22(17)27(36)31-16-18-11-13-19(14-12-18)24-23(26(30)35)25(29)34(32-24)21-9-6-8-20(15-21)28(37)33(2)3;1-15-4-2-3-5-19(15)24(34)30-14-16-6-8-17(9-7-16)21-20(23(29)33)22(28)32(31-21)18-10-12-25(26,27)13-11-18;1-16-7-3-6-10-20(16)24(31)28-15-17-11-13-18(14-12-17)22-21(25(32)27-2)23(26)30(29-22)19-8-4-5-9-19/h4-5,7,10-14,20-21H,6,8-9,15-16,29H2,1-3H3,(H2,30,35)(H,31,36);2-9,18H,10-14,28H2,1H3,(H2,29,33)(H,30,34);3,6-7,10-14,19H,4-5,8-9,15,26H2,1-2H3,(H,27,32)(H,28,31). The fourth-order valence-corrected chi connectivity index (χ4v) is 13.7. The van der Waals surface area contributed by atoms with Crippen LogP contribution in [0.5, 0.6) is 0 Å². The number of primary amides is 2. The van der Waals surface area contributed by atoms with Crippen molar-refractivity contribution in [3.8, 4) is 33.8 Å². The number of hydrogen-bond acceptors (Lipinski definition) is 13. The van der Waals surface area contributed by atoms with E-state index in [0.717, 1.165) is 83.9 Å². The van der Waals surface area contributed by atoms with E-state index in [0.29, 0.717) is 82.3 Å². The Balaban J connectivity index is 0.000000166. The van der Waals surface area contributed by atoms with Gasteiger partial charge < -0.3 is 54.8 Å². The van der Waals surface area contributed by atoms with Gasteiger partial charge in [0.2, 0.25) is 11.8 Å². The Hall–Kier alpha value is -11.5. The van der Waals surface area contributed by atoms with Crippen LogP contribution in [0.15, 0.2) is 146 Å². The van der Waals surface area contributed by atoms with Crippen molar-refractivity contribution in [3.05, 3.63) is 212 Å².